The number of aryl methyl sites for hydroxylation is 1. The molecule has 1 saturated heterocycles. The molecular formula is C14H26N4. The molecule has 1 aliphatic heterocycles. The molecule has 0 aromatic carbocycles. The molecule has 0 saturated carbocycles. The van der Waals surface area contributed by atoms with Crippen LogP contribution in [0.15, 0.2) is 12.3 Å². The van der Waals surface area contributed by atoms with Crippen molar-refractivity contribution in [3.05, 3.63) is 18.0 Å². The van der Waals surface area contributed by atoms with Crippen LogP contribution in [0.1, 0.15) is 32.4 Å². The molecule has 0 amide bonds. The van der Waals surface area contributed by atoms with Crippen molar-refractivity contribution in [1.82, 2.24) is 20.0 Å². The number of nitrogens with zero attached hydrogens (tertiary/aromatic N) is 3. The van der Waals surface area contributed by atoms with Crippen molar-refractivity contribution >= 4 is 0 Å². The van der Waals surface area contributed by atoms with Gasteiger partial charge in [-0.25, -0.2) is 0 Å². The van der Waals surface area contributed by atoms with Crippen LogP contribution < -0.4 is 5.32 Å². The summed E-state index contributed by atoms with van der Waals surface area (Å²) in [5.74, 6) is 0.826. The van der Waals surface area contributed by atoms with Crippen molar-refractivity contribution in [1.29, 1.82) is 0 Å². The summed E-state index contributed by atoms with van der Waals surface area (Å²) in [7, 11) is 0. The summed E-state index contributed by atoms with van der Waals surface area (Å²) in [5.41, 5.74) is 1.31. The topological polar surface area (TPSA) is 33.1 Å². The Kier molecular flexibility index (Phi) is 5.20. The Morgan fingerprint density at radius 1 is 1.44 bits per heavy atom. The van der Waals surface area contributed by atoms with Gasteiger partial charge in [0.05, 0.1) is 5.69 Å². The maximum atomic E-state index is 4.35. The van der Waals surface area contributed by atoms with E-state index in [0.29, 0.717) is 0 Å². The summed E-state index contributed by atoms with van der Waals surface area (Å²) in [5, 5.41) is 7.94. The van der Waals surface area contributed by atoms with Crippen LogP contribution in [0.4, 0.5) is 0 Å². The molecule has 1 unspecified atom stereocenters. The second kappa shape index (κ2) is 6.90. The van der Waals surface area contributed by atoms with E-state index < -0.39 is 0 Å². The van der Waals surface area contributed by atoms with Crippen LogP contribution in [0, 0.1) is 5.92 Å². The van der Waals surface area contributed by atoms with Gasteiger partial charge in [0.1, 0.15) is 0 Å². The fourth-order valence-electron chi connectivity index (χ4n) is 2.69. The predicted octanol–water partition coefficient (Wildman–Crippen LogP) is 1.72. The van der Waals surface area contributed by atoms with Crippen LogP contribution in [0.25, 0.3) is 0 Å². The van der Waals surface area contributed by atoms with E-state index in [1.807, 2.05) is 6.20 Å². The summed E-state index contributed by atoms with van der Waals surface area (Å²) in [4.78, 5) is 2.54. The largest absolute Gasteiger partial charge is 0.311 e. The van der Waals surface area contributed by atoms with Crippen molar-refractivity contribution in [2.75, 3.05) is 26.2 Å². The van der Waals surface area contributed by atoms with E-state index in [9.17, 15) is 0 Å². The Morgan fingerprint density at radius 3 is 3.06 bits per heavy atom. The van der Waals surface area contributed by atoms with Gasteiger partial charge in [-0.2, -0.15) is 5.10 Å². The summed E-state index contributed by atoms with van der Waals surface area (Å²) in [6, 6.07) is 2.12. The molecule has 2 rings (SSSR count). The molecule has 1 aromatic rings. The molecule has 1 aliphatic rings. The lowest BCUT2D eigenvalue weighted by Gasteiger charge is -2.14. The molecule has 0 radical (unpaired) electrons. The van der Waals surface area contributed by atoms with Gasteiger partial charge in [-0.15, -0.1) is 0 Å². The highest BCUT2D eigenvalue weighted by Crippen LogP contribution is 2.14. The highest BCUT2D eigenvalue weighted by molar-refractivity contribution is 5.00. The first-order valence-corrected chi connectivity index (χ1v) is 7.27. The third-order valence-corrected chi connectivity index (χ3v) is 3.80. The second-order valence-corrected chi connectivity index (χ2v) is 5.22. The van der Waals surface area contributed by atoms with E-state index >= 15 is 0 Å². The molecular weight excluding hydrogens is 224 g/mol. The first-order chi connectivity index (χ1) is 8.83. The molecule has 0 bridgehead atoms. The minimum absolute atomic E-state index is 0.826. The molecule has 1 N–H and O–H groups in total. The Hall–Kier alpha value is -0.870. The summed E-state index contributed by atoms with van der Waals surface area (Å²) >= 11 is 0. The van der Waals surface area contributed by atoms with Crippen molar-refractivity contribution in [3.8, 4) is 0 Å². The highest BCUT2D eigenvalue weighted by Gasteiger charge is 2.20. The maximum Gasteiger partial charge on any atom is 0.0522 e. The van der Waals surface area contributed by atoms with E-state index in [1.165, 1.54) is 31.7 Å². The summed E-state index contributed by atoms with van der Waals surface area (Å²) in [6.45, 7) is 11.3. The molecule has 1 aromatic heterocycles. The Labute approximate surface area is 110 Å². The van der Waals surface area contributed by atoms with Gasteiger partial charge in [0, 0.05) is 25.8 Å². The van der Waals surface area contributed by atoms with Crippen molar-refractivity contribution < 1.29 is 0 Å². The van der Waals surface area contributed by atoms with E-state index in [4.69, 9.17) is 0 Å². The molecule has 1 atom stereocenters. The average molecular weight is 250 g/mol. The van der Waals surface area contributed by atoms with Crippen molar-refractivity contribution in [2.24, 2.45) is 5.92 Å². The molecule has 4 nitrogen and oxygen atoms in total. The zero-order valence-corrected chi connectivity index (χ0v) is 11.7. The number of nitrogens with one attached hydrogen (secondary N) is 1. The van der Waals surface area contributed by atoms with Crippen LogP contribution in [0.5, 0.6) is 0 Å². The van der Waals surface area contributed by atoms with Crippen LogP contribution >= 0.6 is 0 Å². The zero-order valence-electron chi connectivity index (χ0n) is 11.7. The average Bonchev–Trinajstić information content (AvgIpc) is 3.00. The Balaban J connectivity index is 1.70. The monoisotopic (exact) mass is 250 g/mol. The van der Waals surface area contributed by atoms with Gasteiger partial charge in [0.2, 0.25) is 0 Å². The first-order valence-electron chi connectivity index (χ1n) is 7.27. The molecule has 102 valence electrons. The standard InChI is InChI=1S/C14H26N4/c1-3-8-18-14(5-7-16-18)11-15-10-13-6-9-17(4-2)12-13/h5,7,13,15H,3-4,6,8-12H2,1-2H3. The highest BCUT2D eigenvalue weighted by atomic mass is 15.3. The number of hydrogen-bond donors (Lipinski definition) is 1. The Bertz CT molecular complexity index is 347. The predicted molar refractivity (Wildman–Crippen MR) is 74.4 cm³/mol. The van der Waals surface area contributed by atoms with Crippen molar-refractivity contribution in [3.63, 3.8) is 0 Å². The second-order valence-electron chi connectivity index (χ2n) is 5.22. The van der Waals surface area contributed by atoms with Crippen molar-refractivity contribution in [2.45, 2.75) is 39.8 Å². The summed E-state index contributed by atoms with van der Waals surface area (Å²) in [6.07, 6.45) is 4.39. The lowest BCUT2D eigenvalue weighted by atomic mass is 10.1. The number of likely N-dealkylation sites (tertiary alicyclic amines) is 1. The molecule has 2 heterocycles. The van der Waals surface area contributed by atoms with Gasteiger partial charge in [-0.3, -0.25) is 4.68 Å². The first kappa shape index (κ1) is 13.6. The lowest BCUT2D eigenvalue weighted by molar-refractivity contribution is 0.338. The van der Waals surface area contributed by atoms with Crippen LogP contribution in [-0.2, 0) is 13.1 Å². The SMILES string of the molecule is CCCn1nccc1CNCC1CCN(CC)C1. The smallest absolute Gasteiger partial charge is 0.0522 e. The van der Waals surface area contributed by atoms with E-state index in [1.54, 1.807) is 0 Å². The van der Waals surface area contributed by atoms with Crippen LogP contribution in [0.3, 0.4) is 0 Å². The van der Waals surface area contributed by atoms with Gasteiger partial charge in [0.15, 0.2) is 0 Å². The molecule has 18 heavy (non-hydrogen) atoms. The number of aromatic nitrogens is 2. The third-order valence-electron chi connectivity index (χ3n) is 3.80. The van der Waals surface area contributed by atoms with E-state index in [0.717, 1.165) is 32.0 Å². The number of rotatable bonds is 7. The van der Waals surface area contributed by atoms with E-state index in [-0.39, 0.29) is 0 Å². The Morgan fingerprint density at radius 2 is 2.33 bits per heavy atom. The van der Waals surface area contributed by atoms with E-state index in [2.05, 4.69) is 39.9 Å². The fourth-order valence-corrected chi connectivity index (χ4v) is 2.69. The maximum absolute atomic E-state index is 4.35. The quantitative estimate of drug-likeness (QED) is 0.800. The van der Waals surface area contributed by atoms with Crippen LogP contribution in [0.2, 0.25) is 0 Å². The number of hydrogen-bond acceptors (Lipinski definition) is 3. The lowest BCUT2D eigenvalue weighted by Crippen LogP contribution is -2.27. The normalized spacial score (nSPS) is 20.7. The molecule has 0 aliphatic carbocycles. The van der Waals surface area contributed by atoms with Gasteiger partial charge in [-0.1, -0.05) is 13.8 Å². The minimum atomic E-state index is 0.826. The molecule has 0 spiro atoms. The molecule has 4 heteroatoms. The van der Waals surface area contributed by atoms with Gasteiger partial charge in [0.25, 0.3) is 0 Å². The molecule has 1 fully saturated rings. The minimum Gasteiger partial charge on any atom is -0.311 e. The van der Waals surface area contributed by atoms with Gasteiger partial charge in [-0.05, 0) is 44.5 Å². The zero-order chi connectivity index (χ0) is 12.8. The third kappa shape index (κ3) is 3.56. The van der Waals surface area contributed by atoms with Gasteiger partial charge < -0.3 is 10.2 Å². The van der Waals surface area contributed by atoms with Gasteiger partial charge >= 0.3 is 0 Å². The fraction of sp³-hybridized carbons (Fsp3) is 0.786. The van der Waals surface area contributed by atoms with Crippen LogP contribution in [-0.4, -0.2) is 40.9 Å². The summed E-state index contributed by atoms with van der Waals surface area (Å²) < 4.78 is 2.11.